The van der Waals surface area contributed by atoms with Crippen molar-refractivity contribution in [3.63, 3.8) is 0 Å². The lowest BCUT2D eigenvalue weighted by atomic mass is 9.99. The van der Waals surface area contributed by atoms with Crippen molar-refractivity contribution in [3.05, 3.63) is 23.8 Å². The first-order valence-electron chi connectivity index (χ1n) is 8.51. The summed E-state index contributed by atoms with van der Waals surface area (Å²) in [6.07, 6.45) is 2.68. The molecule has 0 saturated carbocycles. The van der Waals surface area contributed by atoms with Crippen LogP contribution in [0.25, 0.3) is 0 Å². The molecule has 1 atom stereocenters. The average Bonchev–Trinajstić information content (AvgIpc) is 2.62. The summed E-state index contributed by atoms with van der Waals surface area (Å²) in [5.41, 5.74) is 0.565. The minimum Gasteiger partial charge on any atom is -0.493 e. The van der Waals surface area contributed by atoms with Crippen LogP contribution in [0.1, 0.15) is 32.3 Å². The fourth-order valence-corrected chi connectivity index (χ4v) is 2.67. The summed E-state index contributed by atoms with van der Waals surface area (Å²) < 4.78 is 34.0. The number of hydrogen-bond acceptors (Lipinski definition) is 5. The van der Waals surface area contributed by atoms with Gasteiger partial charge in [0.2, 0.25) is 6.10 Å². The summed E-state index contributed by atoms with van der Waals surface area (Å²) in [6, 6.07) is 4.38. The van der Waals surface area contributed by atoms with Gasteiger partial charge in [0.05, 0.1) is 13.3 Å². The number of carbonyl (C=O) groups is 1. The zero-order chi connectivity index (χ0) is 19.1. The fourth-order valence-electron chi connectivity index (χ4n) is 2.67. The maximum Gasteiger partial charge on any atom is 0.387 e. The first kappa shape index (κ1) is 19.9. The summed E-state index contributed by atoms with van der Waals surface area (Å²) in [5, 5.41) is 3.82. The van der Waals surface area contributed by atoms with E-state index in [1.807, 2.05) is 0 Å². The molecule has 1 fully saturated rings. The second-order valence-electron chi connectivity index (χ2n) is 6.28. The third kappa shape index (κ3) is 5.57. The second-order valence-corrected chi connectivity index (χ2v) is 6.28. The van der Waals surface area contributed by atoms with Crippen LogP contribution in [-0.4, -0.2) is 49.9 Å². The largest absolute Gasteiger partial charge is 0.493 e. The Labute approximate surface area is 151 Å². The van der Waals surface area contributed by atoms with Gasteiger partial charge in [0.1, 0.15) is 0 Å². The van der Waals surface area contributed by atoms with Crippen molar-refractivity contribution in [1.82, 2.24) is 4.90 Å². The number of carbonyl (C=O) groups excluding carboxylic acids is 1. The van der Waals surface area contributed by atoms with E-state index in [1.165, 1.54) is 31.5 Å². The van der Waals surface area contributed by atoms with E-state index in [0.29, 0.717) is 11.5 Å². The summed E-state index contributed by atoms with van der Waals surface area (Å²) in [7, 11) is 1.35. The highest BCUT2D eigenvalue weighted by molar-refractivity contribution is 5.82. The Morgan fingerprint density at radius 3 is 2.62 bits per heavy atom. The Bertz CT molecular complexity index is 632. The molecule has 0 N–H and O–H groups in total. The topological polar surface area (TPSA) is 60.4 Å². The molecular weight excluding hydrogens is 346 g/mol. The highest BCUT2D eigenvalue weighted by atomic mass is 19.3. The normalized spacial score (nSPS) is 16.8. The van der Waals surface area contributed by atoms with Gasteiger partial charge in [-0.05, 0) is 43.9 Å². The van der Waals surface area contributed by atoms with Gasteiger partial charge in [0.25, 0.3) is 5.91 Å². The molecule has 0 radical (unpaired) electrons. The third-order valence-electron chi connectivity index (χ3n) is 4.27. The summed E-state index contributed by atoms with van der Waals surface area (Å²) in [6.45, 7) is 2.37. The molecule has 1 aliphatic rings. The third-order valence-corrected chi connectivity index (χ3v) is 4.27. The predicted molar refractivity (Wildman–Crippen MR) is 92.7 cm³/mol. The molecule has 1 heterocycles. The molecule has 0 aliphatic carbocycles. The number of rotatable bonds is 7. The van der Waals surface area contributed by atoms with E-state index in [9.17, 15) is 13.6 Å². The first-order valence-corrected chi connectivity index (χ1v) is 8.51. The van der Waals surface area contributed by atoms with Gasteiger partial charge in [-0.1, -0.05) is 12.1 Å². The molecule has 1 unspecified atom stereocenters. The lowest BCUT2D eigenvalue weighted by molar-refractivity contribution is -0.143. The van der Waals surface area contributed by atoms with Crippen molar-refractivity contribution in [2.24, 2.45) is 11.1 Å². The van der Waals surface area contributed by atoms with Crippen LogP contribution in [0.5, 0.6) is 11.5 Å². The van der Waals surface area contributed by atoms with Gasteiger partial charge in [0, 0.05) is 18.7 Å². The maximum atomic E-state index is 12.3. The van der Waals surface area contributed by atoms with Gasteiger partial charge >= 0.3 is 6.61 Å². The van der Waals surface area contributed by atoms with Crippen LogP contribution in [0.15, 0.2) is 23.4 Å². The fraction of sp³-hybridized carbons (Fsp3) is 0.556. The summed E-state index contributed by atoms with van der Waals surface area (Å²) in [4.78, 5) is 19.3. The Kier molecular flexibility index (Phi) is 7.17. The molecule has 1 aromatic carbocycles. The monoisotopic (exact) mass is 370 g/mol. The molecule has 1 amide bonds. The smallest absolute Gasteiger partial charge is 0.387 e. The lowest BCUT2D eigenvalue weighted by Crippen LogP contribution is -2.43. The van der Waals surface area contributed by atoms with Crippen molar-refractivity contribution < 1.29 is 27.9 Å². The summed E-state index contributed by atoms with van der Waals surface area (Å²) in [5.74, 6) is 0.636. The van der Waals surface area contributed by atoms with Crippen LogP contribution >= 0.6 is 0 Å². The number of benzene rings is 1. The van der Waals surface area contributed by atoms with Gasteiger partial charge in [-0.15, -0.1) is 0 Å². The first-order chi connectivity index (χ1) is 12.4. The van der Waals surface area contributed by atoms with E-state index in [4.69, 9.17) is 9.57 Å². The van der Waals surface area contributed by atoms with Crippen molar-refractivity contribution in [3.8, 4) is 11.5 Å². The van der Waals surface area contributed by atoms with Crippen LogP contribution in [0.4, 0.5) is 8.78 Å². The molecule has 6 nitrogen and oxygen atoms in total. The molecule has 2 rings (SSSR count). The number of methoxy groups -OCH3 is 1. The molecule has 1 aromatic rings. The van der Waals surface area contributed by atoms with E-state index in [2.05, 4.69) is 16.8 Å². The molecule has 26 heavy (non-hydrogen) atoms. The average molecular weight is 370 g/mol. The van der Waals surface area contributed by atoms with Gasteiger partial charge in [0.15, 0.2) is 11.5 Å². The number of hydrogen-bond donors (Lipinski definition) is 0. The van der Waals surface area contributed by atoms with Crippen LogP contribution in [0, 0.1) is 5.92 Å². The Hall–Kier alpha value is -2.38. The summed E-state index contributed by atoms with van der Waals surface area (Å²) >= 11 is 0. The number of oxime groups is 1. The van der Waals surface area contributed by atoms with Gasteiger partial charge in [-0.25, -0.2) is 0 Å². The van der Waals surface area contributed by atoms with E-state index in [1.54, 1.807) is 11.8 Å². The van der Waals surface area contributed by atoms with Crippen molar-refractivity contribution in [1.29, 1.82) is 0 Å². The molecule has 144 valence electrons. The van der Waals surface area contributed by atoms with Gasteiger partial charge < -0.3 is 19.2 Å². The van der Waals surface area contributed by atoms with Crippen molar-refractivity contribution in [2.75, 3.05) is 20.2 Å². The highest BCUT2D eigenvalue weighted by Crippen LogP contribution is 2.29. The minimum atomic E-state index is -2.93. The Balaban J connectivity index is 1.91. The second kappa shape index (κ2) is 9.35. The van der Waals surface area contributed by atoms with Crippen molar-refractivity contribution in [2.45, 2.75) is 39.4 Å². The number of ether oxygens (including phenoxy) is 2. The molecule has 0 bridgehead atoms. The minimum absolute atomic E-state index is 0.0663. The number of amides is 1. The molecule has 1 saturated heterocycles. The number of nitrogens with zero attached hydrogens (tertiary/aromatic N) is 2. The zero-order valence-electron chi connectivity index (χ0n) is 15.2. The van der Waals surface area contributed by atoms with E-state index in [-0.39, 0.29) is 17.4 Å². The molecule has 8 heteroatoms. The maximum absolute atomic E-state index is 12.3. The van der Waals surface area contributed by atoms with Gasteiger partial charge in [-0.2, -0.15) is 8.78 Å². The van der Waals surface area contributed by atoms with Gasteiger partial charge in [-0.3, -0.25) is 4.79 Å². The Morgan fingerprint density at radius 2 is 2.00 bits per heavy atom. The quantitative estimate of drug-likeness (QED) is 0.546. The molecular formula is C18H24F2N2O4. The number of piperidine rings is 1. The van der Waals surface area contributed by atoms with Crippen LogP contribution in [-0.2, 0) is 9.63 Å². The van der Waals surface area contributed by atoms with Crippen molar-refractivity contribution >= 4 is 12.1 Å². The SMILES string of the molecule is COc1cc(/C=N/OC(C)C(=O)N2CCC(C)CC2)ccc1OC(F)F. The molecule has 1 aliphatic heterocycles. The predicted octanol–water partition coefficient (Wildman–Crippen LogP) is 3.29. The standard InChI is InChI=1S/C18H24F2N2O4/c1-12-6-8-22(9-7-12)17(23)13(2)26-21-11-14-4-5-15(25-18(19)20)16(10-14)24-3/h4-5,10-13,18H,6-9H2,1-3H3/b21-11+. The van der Waals surface area contributed by atoms with Crippen LogP contribution < -0.4 is 9.47 Å². The zero-order valence-corrected chi connectivity index (χ0v) is 15.2. The van der Waals surface area contributed by atoms with E-state index < -0.39 is 12.7 Å². The van der Waals surface area contributed by atoms with Crippen LogP contribution in [0.2, 0.25) is 0 Å². The highest BCUT2D eigenvalue weighted by Gasteiger charge is 2.25. The number of alkyl halides is 2. The lowest BCUT2D eigenvalue weighted by Gasteiger charge is -2.31. The van der Waals surface area contributed by atoms with E-state index >= 15 is 0 Å². The molecule has 0 spiro atoms. The number of halogens is 2. The Morgan fingerprint density at radius 1 is 1.31 bits per heavy atom. The van der Waals surface area contributed by atoms with Crippen LogP contribution in [0.3, 0.4) is 0 Å². The number of likely N-dealkylation sites (tertiary alicyclic amines) is 1. The molecule has 0 aromatic heterocycles. The van der Waals surface area contributed by atoms with E-state index in [0.717, 1.165) is 25.9 Å².